The summed E-state index contributed by atoms with van der Waals surface area (Å²) in [6.07, 6.45) is 3.19. The van der Waals surface area contributed by atoms with Gasteiger partial charge in [-0.05, 0) is 56.5 Å². The maximum atomic E-state index is 5.78. The van der Waals surface area contributed by atoms with Gasteiger partial charge in [-0.15, -0.1) is 0 Å². The average Bonchev–Trinajstić information content (AvgIpc) is 2.54. The second-order valence-corrected chi connectivity index (χ2v) is 5.49. The van der Waals surface area contributed by atoms with Gasteiger partial charge in [0.2, 0.25) is 0 Å². The molecule has 0 bridgehead atoms. The Bertz CT molecular complexity index is 507. The van der Waals surface area contributed by atoms with Crippen LogP contribution in [0.1, 0.15) is 30.9 Å². The number of hydrogen-bond acceptors (Lipinski definition) is 2. The molecule has 0 heterocycles. The Morgan fingerprint density at radius 2 is 1.62 bits per heavy atom. The summed E-state index contributed by atoms with van der Waals surface area (Å²) >= 11 is 0. The lowest BCUT2D eigenvalue weighted by molar-refractivity contribution is 0.299. The number of hydrogen-bond donors (Lipinski definition) is 1. The third kappa shape index (κ3) is 5.60. The van der Waals surface area contributed by atoms with Crippen LogP contribution < -0.4 is 10.1 Å². The van der Waals surface area contributed by atoms with Gasteiger partial charge < -0.3 is 10.1 Å². The summed E-state index contributed by atoms with van der Waals surface area (Å²) in [5, 5.41) is 3.24. The number of ether oxygens (including phenoxy) is 1. The van der Waals surface area contributed by atoms with E-state index in [1.165, 1.54) is 11.1 Å². The molecule has 2 aromatic carbocycles. The molecule has 112 valence electrons. The molecule has 2 aromatic rings. The highest BCUT2D eigenvalue weighted by Gasteiger charge is 2.00. The van der Waals surface area contributed by atoms with Crippen molar-refractivity contribution >= 4 is 0 Å². The minimum atomic E-state index is 0.557. The third-order valence-corrected chi connectivity index (χ3v) is 3.72. The Hall–Kier alpha value is -1.80. The highest BCUT2D eigenvalue weighted by Crippen LogP contribution is 2.15. The Balaban J connectivity index is 1.77. The Kier molecular flexibility index (Phi) is 6.29. The van der Waals surface area contributed by atoms with E-state index in [4.69, 9.17) is 4.74 Å². The Morgan fingerprint density at radius 3 is 2.29 bits per heavy atom. The summed E-state index contributed by atoms with van der Waals surface area (Å²) in [4.78, 5) is 0. The third-order valence-electron chi connectivity index (χ3n) is 3.72. The maximum absolute atomic E-state index is 5.78. The number of benzene rings is 2. The van der Waals surface area contributed by atoms with E-state index < -0.39 is 0 Å². The molecule has 0 fully saturated rings. The minimum Gasteiger partial charge on any atom is -0.494 e. The van der Waals surface area contributed by atoms with Crippen molar-refractivity contribution in [2.75, 3.05) is 13.7 Å². The van der Waals surface area contributed by atoms with E-state index in [2.05, 4.69) is 66.8 Å². The summed E-state index contributed by atoms with van der Waals surface area (Å²) in [5.74, 6) is 0.962. The Morgan fingerprint density at radius 1 is 0.952 bits per heavy atom. The molecule has 1 N–H and O–H groups in total. The molecule has 2 rings (SSSR count). The van der Waals surface area contributed by atoms with Crippen LogP contribution in [-0.2, 0) is 6.42 Å². The van der Waals surface area contributed by atoms with E-state index in [1.807, 2.05) is 7.05 Å². The molecular formula is C19H25NO. The monoisotopic (exact) mass is 283 g/mol. The topological polar surface area (TPSA) is 21.3 Å². The first-order chi connectivity index (χ1) is 10.3. The lowest BCUT2D eigenvalue weighted by atomic mass is 10.1. The van der Waals surface area contributed by atoms with Crippen LogP contribution >= 0.6 is 0 Å². The van der Waals surface area contributed by atoms with Gasteiger partial charge in [0.1, 0.15) is 5.75 Å². The number of rotatable bonds is 8. The molecule has 0 saturated heterocycles. The molecule has 0 radical (unpaired) electrons. The van der Waals surface area contributed by atoms with Crippen LogP contribution in [0.5, 0.6) is 5.75 Å². The van der Waals surface area contributed by atoms with Crippen LogP contribution in [0.25, 0.3) is 0 Å². The Labute approximate surface area is 128 Å². The zero-order valence-electron chi connectivity index (χ0n) is 13.0. The second-order valence-electron chi connectivity index (χ2n) is 5.49. The fraction of sp³-hybridized carbons (Fsp3) is 0.368. The van der Waals surface area contributed by atoms with E-state index in [9.17, 15) is 0 Å². The first-order valence-corrected chi connectivity index (χ1v) is 7.71. The lowest BCUT2D eigenvalue weighted by Crippen LogP contribution is -2.21. The van der Waals surface area contributed by atoms with Crippen molar-refractivity contribution in [3.05, 3.63) is 65.7 Å². The molecule has 0 spiro atoms. The fourth-order valence-electron chi connectivity index (χ4n) is 2.26. The molecule has 0 aliphatic heterocycles. The van der Waals surface area contributed by atoms with Gasteiger partial charge in [0.05, 0.1) is 6.61 Å². The predicted molar refractivity (Wildman–Crippen MR) is 88.9 cm³/mol. The van der Waals surface area contributed by atoms with E-state index in [0.717, 1.165) is 31.6 Å². The SMILES string of the molecule is CNC(C)CCCOc1ccc(Cc2ccccc2)cc1. The molecule has 21 heavy (non-hydrogen) atoms. The predicted octanol–water partition coefficient (Wildman–Crippen LogP) is 4.04. The van der Waals surface area contributed by atoms with E-state index >= 15 is 0 Å². The first kappa shape index (κ1) is 15.6. The van der Waals surface area contributed by atoms with Gasteiger partial charge in [-0.25, -0.2) is 0 Å². The lowest BCUT2D eigenvalue weighted by Gasteiger charge is -2.11. The summed E-state index contributed by atoms with van der Waals surface area (Å²) < 4.78 is 5.78. The zero-order chi connectivity index (χ0) is 14.9. The van der Waals surface area contributed by atoms with Crippen LogP contribution in [0.15, 0.2) is 54.6 Å². The molecule has 0 amide bonds. The molecule has 1 atom stereocenters. The van der Waals surface area contributed by atoms with Crippen molar-refractivity contribution in [2.24, 2.45) is 0 Å². The van der Waals surface area contributed by atoms with Crippen LogP contribution in [0, 0.1) is 0 Å². The quantitative estimate of drug-likeness (QED) is 0.738. The van der Waals surface area contributed by atoms with E-state index in [1.54, 1.807) is 0 Å². The van der Waals surface area contributed by atoms with Crippen LogP contribution in [-0.4, -0.2) is 19.7 Å². The average molecular weight is 283 g/mol. The summed E-state index contributed by atoms with van der Waals surface area (Å²) in [6, 6.07) is 19.5. The number of nitrogens with one attached hydrogen (secondary N) is 1. The van der Waals surface area contributed by atoms with Gasteiger partial charge in [0.25, 0.3) is 0 Å². The summed E-state index contributed by atoms with van der Waals surface area (Å²) in [7, 11) is 2.00. The van der Waals surface area contributed by atoms with Gasteiger partial charge in [-0.2, -0.15) is 0 Å². The second kappa shape index (κ2) is 8.48. The van der Waals surface area contributed by atoms with Gasteiger partial charge in [0.15, 0.2) is 0 Å². The molecule has 2 heteroatoms. The van der Waals surface area contributed by atoms with E-state index in [-0.39, 0.29) is 0 Å². The van der Waals surface area contributed by atoms with Gasteiger partial charge in [-0.3, -0.25) is 0 Å². The van der Waals surface area contributed by atoms with Gasteiger partial charge >= 0.3 is 0 Å². The van der Waals surface area contributed by atoms with Gasteiger partial charge in [-0.1, -0.05) is 42.5 Å². The molecular weight excluding hydrogens is 258 g/mol. The smallest absolute Gasteiger partial charge is 0.119 e. The molecule has 2 nitrogen and oxygen atoms in total. The zero-order valence-corrected chi connectivity index (χ0v) is 13.0. The minimum absolute atomic E-state index is 0.557. The highest BCUT2D eigenvalue weighted by molar-refractivity contribution is 5.31. The van der Waals surface area contributed by atoms with E-state index in [0.29, 0.717) is 6.04 Å². The van der Waals surface area contributed by atoms with Gasteiger partial charge in [0, 0.05) is 6.04 Å². The summed E-state index contributed by atoms with van der Waals surface area (Å²) in [5.41, 5.74) is 2.66. The maximum Gasteiger partial charge on any atom is 0.119 e. The van der Waals surface area contributed by atoms with Crippen molar-refractivity contribution in [1.82, 2.24) is 5.32 Å². The fourth-order valence-corrected chi connectivity index (χ4v) is 2.26. The highest BCUT2D eigenvalue weighted by atomic mass is 16.5. The van der Waals surface area contributed by atoms with Crippen molar-refractivity contribution < 1.29 is 4.74 Å². The molecule has 0 aromatic heterocycles. The summed E-state index contributed by atoms with van der Waals surface area (Å²) in [6.45, 7) is 2.97. The van der Waals surface area contributed by atoms with Crippen LogP contribution in [0.4, 0.5) is 0 Å². The largest absolute Gasteiger partial charge is 0.494 e. The van der Waals surface area contributed by atoms with Crippen molar-refractivity contribution in [2.45, 2.75) is 32.2 Å². The standard InChI is InChI=1S/C19H25NO/c1-16(20-2)7-6-14-21-19-12-10-18(11-13-19)15-17-8-4-3-5-9-17/h3-5,8-13,16,20H,6-7,14-15H2,1-2H3. The first-order valence-electron chi connectivity index (χ1n) is 7.71. The molecule has 0 aliphatic carbocycles. The molecule has 0 aliphatic rings. The van der Waals surface area contributed by atoms with Crippen molar-refractivity contribution in [3.63, 3.8) is 0 Å². The van der Waals surface area contributed by atoms with Crippen LogP contribution in [0.3, 0.4) is 0 Å². The molecule has 1 unspecified atom stereocenters. The van der Waals surface area contributed by atoms with Crippen LogP contribution in [0.2, 0.25) is 0 Å². The van der Waals surface area contributed by atoms with Crippen molar-refractivity contribution in [1.29, 1.82) is 0 Å². The normalized spacial score (nSPS) is 12.1. The van der Waals surface area contributed by atoms with Crippen molar-refractivity contribution in [3.8, 4) is 5.75 Å². The molecule has 0 saturated carbocycles.